The predicted octanol–water partition coefficient (Wildman–Crippen LogP) is 2.69. The molecule has 1 unspecified atom stereocenters. The Bertz CT molecular complexity index is 478. The average Bonchev–Trinajstić information content (AvgIpc) is 2.64. The number of rotatable bonds is 8. The van der Waals surface area contributed by atoms with Gasteiger partial charge in [-0.3, -0.25) is 9.89 Å². The first kappa shape index (κ1) is 22.2. The standard InChI is InChI=1S/C19H32N4O.HI/c1-3-20-19(21-10-7-11-23-12-14-24-15-13-23)22-16-17(2)18-8-5-4-6-9-18;/h4-6,8-9,17H,3,7,10-16H2,1-2H3,(H2,20,21,22);1H. The zero-order valence-electron chi connectivity index (χ0n) is 15.5. The molecule has 1 heterocycles. The monoisotopic (exact) mass is 460 g/mol. The number of morpholine rings is 1. The summed E-state index contributed by atoms with van der Waals surface area (Å²) in [5, 5.41) is 6.78. The number of hydrogen-bond donors (Lipinski definition) is 2. The number of aliphatic imine (C=N–C) groups is 1. The van der Waals surface area contributed by atoms with Crippen LogP contribution in [-0.4, -0.2) is 63.3 Å². The molecular weight excluding hydrogens is 427 g/mol. The van der Waals surface area contributed by atoms with Gasteiger partial charge in [0.1, 0.15) is 0 Å². The molecule has 1 aliphatic heterocycles. The first-order valence-electron chi connectivity index (χ1n) is 9.17. The van der Waals surface area contributed by atoms with Crippen molar-refractivity contribution in [1.29, 1.82) is 0 Å². The predicted molar refractivity (Wildman–Crippen MR) is 116 cm³/mol. The van der Waals surface area contributed by atoms with Gasteiger partial charge in [0, 0.05) is 38.6 Å². The molecular formula is C19H33IN4O. The molecule has 25 heavy (non-hydrogen) atoms. The number of guanidine groups is 1. The molecule has 2 N–H and O–H groups in total. The number of hydrogen-bond acceptors (Lipinski definition) is 3. The molecule has 1 aromatic carbocycles. The van der Waals surface area contributed by atoms with E-state index in [2.05, 4.69) is 59.7 Å². The number of ether oxygens (including phenoxy) is 1. The van der Waals surface area contributed by atoms with Crippen LogP contribution in [0, 0.1) is 0 Å². The second kappa shape index (κ2) is 13.4. The fraction of sp³-hybridized carbons (Fsp3) is 0.632. The summed E-state index contributed by atoms with van der Waals surface area (Å²) in [6.45, 7) is 11.9. The van der Waals surface area contributed by atoms with Gasteiger partial charge in [-0.1, -0.05) is 37.3 Å². The van der Waals surface area contributed by atoms with E-state index in [1.165, 1.54) is 5.56 Å². The van der Waals surface area contributed by atoms with Crippen molar-refractivity contribution in [1.82, 2.24) is 15.5 Å². The zero-order chi connectivity index (χ0) is 17.0. The molecule has 0 saturated carbocycles. The highest BCUT2D eigenvalue weighted by Crippen LogP contribution is 2.14. The van der Waals surface area contributed by atoms with E-state index in [1.54, 1.807) is 0 Å². The molecule has 1 aromatic rings. The van der Waals surface area contributed by atoms with Crippen LogP contribution in [0.25, 0.3) is 0 Å². The molecule has 0 amide bonds. The fourth-order valence-corrected chi connectivity index (χ4v) is 2.79. The Balaban J connectivity index is 0.00000312. The van der Waals surface area contributed by atoms with Crippen molar-refractivity contribution in [3.8, 4) is 0 Å². The van der Waals surface area contributed by atoms with Crippen LogP contribution in [0.1, 0.15) is 31.7 Å². The van der Waals surface area contributed by atoms with Crippen molar-refractivity contribution < 1.29 is 4.74 Å². The van der Waals surface area contributed by atoms with Crippen molar-refractivity contribution in [2.75, 3.05) is 52.5 Å². The second-order valence-electron chi connectivity index (χ2n) is 6.27. The molecule has 1 aliphatic rings. The average molecular weight is 460 g/mol. The third-order valence-electron chi connectivity index (χ3n) is 4.28. The largest absolute Gasteiger partial charge is 0.379 e. The van der Waals surface area contributed by atoms with Crippen LogP contribution < -0.4 is 10.6 Å². The van der Waals surface area contributed by atoms with Crippen molar-refractivity contribution in [3.63, 3.8) is 0 Å². The summed E-state index contributed by atoms with van der Waals surface area (Å²) in [5.74, 6) is 1.34. The molecule has 5 nitrogen and oxygen atoms in total. The van der Waals surface area contributed by atoms with Gasteiger partial charge < -0.3 is 15.4 Å². The molecule has 0 bridgehead atoms. The highest BCUT2D eigenvalue weighted by molar-refractivity contribution is 14.0. The van der Waals surface area contributed by atoms with Crippen LogP contribution in [0.15, 0.2) is 35.3 Å². The Labute approximate surface area is 169 Å². The van der Waals surface area contributed by atoms with Crippen molar-refractivity contribution in [3.05, 3.63) is 35.9 Å². The summed E-state index contributed by atoms with van der Waals surface area (Å²) in [5.41, 5.74) is 1.34. The Morgan fingerprint density at radius 1 is 1.20 bits per heavy atom. The van der Waals surface area contributed by atoms with E-state index in [9.17, 15) is 0 Å². The highest BCUT2D eigenvalue weighted by Gasteiger charge is 2.09. The summed E-state index contributed by atoms with van der Waals surface area (Å²) < 4.78 is 5.38. The smallest absolute Gasteiger partial charge is 0.191 e. The summed E-state index contributed by atoms with van der Waals surface area (Å²) in [6.07, 6.45) is 1.12. The normalized spacial score (nSPS) is 16.8. The molecule has 142 valence electrons. The topological polar surface area (TPSA) is 48.9 Å². The van der Waals surface area contributed by atoms with E-state index < -0.39 is 0 Å². The van der Waals surface area contributed by atoms with Gasteiger partial charge >= 0.3 is 0 Å². The number of nitrogens with zero attached hydrogens (tertiary/aromatic N) is 2. The van der Waals surface area contributed by atoms with E-state index >= 15 is 0 Å². The highest BCUT2D eigenvalue weighted by atomic mass is 127. The lowest BCUT2D eigenvalue weighted by atomic mass is 10.0. The van der Waals surface area contributed by atoms with Gasteiger partial charge in [0.2, 0.25) is 0 Å². The maximum absolute atomic E-state index is 5.38. The Kier molecular flexibility index (Phi) is 11.9. The molecule has 6 heteroatoms. The Morgan fingerprint density at radius 2 is 1.92 bits per heavy atom. The SMILES string of the molecule is CCNC(=NCC(C)c1ccccc1)NCCCN1CCOCC1.I. The van der Waals surface area contributed by atoms with E-state index in [0.29, 0.717) is 5.92 Å². The van der Waals surface area contributed by atoms with Gasteiger partial charge in [-0.05, 0) is 25.5 Å². The first-order chi connectivity index (χ1) is 11.8. The summed E-state index contributed by atoms with van der Waals surface area (Å²) in [7, 11) is 0. The van der Waals surface area contributed by atoms with Gasteiger partial charge in [-0.25, -0.2) is 0 Å². The van der Waals surface area contributed by atoms with Crippen LogP contribution in [-0.2, 0) is 4.74 Å². The fourth-order valence-electron chi connectivity index (χ4n) is 2.79. The Hall–Kier alpha value is -0.860. The van der Waals surface area contributed by atoms with Crippen LogP contribution in [0.5, 0.6) is 0 Å². The lowest BCUT2D eigenvalue weighted by molar-refractivity contribution is 0.0376. The number of nitrogens with one attached hydrogen (secondary N) is 2. The van der Waals surface area contributed by atoms with Gasteiger partial charge in [0.25, 0.3) is 0 Å². The minimum absolute atomic E-state index is 0. The van der Waals surface area contributed by atoms with Gasteiger partial charge in [-0.15, -0.1) is 24.0 Å². The van der Waals surface area contributed by atoms with Crippen molar-refractivity contribution in [2.45, 2.75) is 26.2 Å². The summed E-state index contributed by atoms with van der Waals surface area (Å²) >= 11 is 0. The molecule has 0 spiro atoms. The van der Waals surface area contributed by atoms with Crippen LogP contribution >= 0.6 is 24.0 Å². The molecule has 1 atom stereocenters. The summed E-state index contributed by atoms with van der Waals surface area (Å²) in [4.78, 5) is 7.20. The Morgan fingerprint density at radius 3 is 2.60 bits per heavy atom. The van der Waals surface area contributed by atoms with Crippen LogP contribution in [0.2, 0.25) is 0 Å². The number of benzene rings is 1. The second-order valence-corrected chi connectivity index (χ2v) is 6.27. The van der Waals surface area contributed by atoms with Gasteiger partial charge in [-0.2, -0.15) is 0 Å². The molecule has 2 rings (SSSR count). The lowest BCUT2D eigenvalue weighted by Crippen LogP contribution is -2.40. The molecule has 0 aromatic heterocycles. The van der Waals surface area contributed by atoms with E-state index in [1.807, 2.05) is 0 Å². The van der Waals surface area contributed by atoms with Crippen LogP contribution in [0.4, 0.5) is 0 Å². The molecule has 1 saturated heterocycles. The van der Waals surface area contributed by atoms with E-state index in [4.69, 9.17) is 9.73 Å². The minimum atomic E-state index is 0. The van der Waals surface area contributed by atoms with Crippen LogP contribution in [0.3, 0.4) is 0 Å². The molecule has 0 aliphatic carbocycles. The van der Waals surface area contributed by atoms with E-state index in [0.717, 1.165) is 64.9 Å². The third kappa shape index (κ3) is 8.87. The molecule has 1 fully saturated rings. The number of halogens is 1. The summed E-state index contributed by atoms with van der Waals surface area (Å²) in [6, 6.07) is 10.6. The molecule has 0 radical (unpaired) electrons. The maximum Gasteiger partial charge on any atom is 0.191 e. The zero-order valence-corrected chi connectivity index (χ0v) is 17.9. The van der Waals surface area contributed by atoms with E-state index in [-0.39, 0.29) is 24.0 Å². The van der Waals surface area contributed by atoms with Crippen molar-refractivity contribution in [2.24, 2.45) is 4.99 Å². The maximum atomic E-state index is 5.38. The first-order valence-corrected chi connectivity index (χ1v) is 9.17. The van der Waals surface area contributed by atoms with Gasteiger partial charge in [0.15, 0.2) is 5.96 Å². The lowest BCUT2D eigenvalue weighted by Gasteiger charge is -2.26. The minimum Gasteiger partial charge on any atom is -0.379 e. The van der Waals surface area contributed by atoms with Gasteiger partial charge in [0.05, 0.1) is 13.2 Å². The third-order valence-corrected chi connectivity index (χ3v) is 4.28. The quantitative estimate of drug-likeness (QED) is 0.271. The van der Waals surface area contributed by atoms with Crippen molar-refractivity contribution >= 4 is 29.9 Å².